The Morgan fingerprint density at radius 3 is 2.43 bits per heavy atom. The minimum atomic E-state index is -0.517. The molecule has 158 valence electrons. The Morgan fingerprint density at radius 1 is 1.13 bits per heavy atom. The summed E-state index contributed by atoms with van der Waals surface area (Å²) in [6, 6.07) is 2.60. The summed E-state index contributed by atoms with van der Waals surface area (Å²) < 4.78 is 10.8. The molecular formula is C20H20Cl2N4O3S. The van der Waals surface area contributed by atoms with Gasteiger partial charge in [0.2, 0.25) is 5.89 Å². The number of hydrogen-bond donors (Lipinski definition) is 2. The van der Waals surface area contributed by atoms with Crippen LogP contribution in [0.2, 0.25) is 10.0 Å². The van der Waals surface area contributed by atoms with Crippen LogP contribution in [0.4, 0.5) is 15.6 Å². The van der Waals surface area contributed by atoms with Crippen molar-refractivity contribution in [3.63, 3.8) is 0 Å². The molecule has 0 bridgehead atoms. The number of urea groups is 1. The van der Waals surface area contributed by atoms with E-state index in [0.717, 1.165) is 10.6 Å². The van der Waals surface area contributed by atoms with Crippen LogP contribution >= 0.6 is 34.5 Å². The zero-order valence-corrected chi connectivity index (χ0v) is 19.1. The normalized spacial score (nSPS) is 11.7. The first-order valence-electron chi connectivity index (χ1n) is 8.87. The van der Waals surface area contributed by atoms with Crippen LogP contribution in [0, 0.1) is 0 Å². The van der Waals surface area contributed by atoms with Crippen molar-refractivity contribution in [3.8, 4) is 5.75 Å². The number of rotatable bonds is 5. The van der Waals surface area contributed by atoms with Gasteiger partial charge in [0.25, 0.3) is 0 Å². The minimum absolute atomic E-state index is 0.107. The van der Waals surface area contributed by atoms with E-state index >= 15 is 0 Å². The number of carbonyl (C=O) groups excluding carboxylic acids is 1. The molecule has 0 fully saturated rings. The van der Waals surface area contributed by atoms with E-state index < -0.39 is 6.03 Å². The van der Waals surface area contributed by atoms with Gasteiger partial charge in [-0.1, -0.05) is 55.3 Å². The Labute approximate surface area is 188 Å². The number of hydrogen-bond acceptors (Lipinski definition) is 6. The van der Waals surface area contributed by atoms with E-state index in [1.807, 2.05) is 6.08 Å². The van der Waals surface area contributed by atoms with Crippen molar-refractivity contribution in [1.82, 2.24) is 9.97 Å². The summed E-state index contributed by atoms with van der Waals surface area (Å²) in [5.74, 6) is 1.80. The van der Waals surface area contributed by atoms with Crippen molar-refractivity contribution in [1.29, 1.82) is 0 Å². The highest BCUT2D eigenvalue weighted by atomic mass is 35.5. The lowest BCUT2D eigenvalue weighted by Crippen LogP contribution is -2.19. The van der Waals surface area contributed by atoms with Crippen LogP contribution in [0.25, 0.3) is 12.2 Å². The number of aromatic nitrogens is 2. The van der Waals surface area contributed by atoms with Gasteiger partial charge in [-0.25, -0.2) is 14.8 Å². The molecule has 0 radical (unpaired) electrons. The largest absolute Gasteiger partial charge is 0.497 e. The molecule has 0 aliphatic heterocycles. The standard InChI is InChI=1S/C20H20Cl2N4O3S/c1-20(2,3)15-10-23-16(29-15)6-5-12-9-24-19(30-12)26-18(27)25-17-13(21)7-11(28-4)8-14(17)22/h5-10H,1-4H3,(H2,24,25,26,27). The molecule has 2 amide bonds. The molecule has 0 aliphatic carbocycles. The molecule has 1 aromatic carbocycles. The van der Waals surface area contributed by atoms with E-state index in [-0.39, 0.29) is 21.1 Å². The lowest BCUT2D eigenvalue weighted by atomic mass is 9.94. The SMILES string of the molecule is COc1cc(Cl)c(NC(=O)Nc2ncc(C=Cc3ncc(C(C)(C)C)o3)s2)c(Cl)c1. The Kier molecular flexibility index (Phi) is 6.70. The number of carbonyl (C=O) groups is 1. The highest BCUT2D eigenvalue weighted by molar-refractivity contribution is 7.16. The van der Waals surface area contributed by atoms with Crippen LogP contribution in [-0.4, -0.2) is 23.1 Å². The Morgan fingerprint density at radius 2 is 1.83 bits per heavy atom. The quantitative estimate of drug-likeness (QED) is 0.444. The number of methoxy groups -OCH3 is 1. The van der Waals surface area contributed by atoms with Gasteiger partial charge >= 0.3 is 6.03 Å². The van der Waals surface area contributed by atoms with Gasteiger partial charge in [-0.15, -0.1) is 0 Å². The summed E-state index contributed by atoms with van der Waals surface area (Å²) in [6.07, 6.45) is 6.93. The molecule has 0 unspecified atom stereocenters. The topological polar surface area (TPSA) is 89.3 Å². The Balaban J connectivity index is 1.63. The average Bonchev–Trinajstić information content (AvgIpc) is 3.32. The molecule has 10 heteroatoms. The van der Waals surface area contributed by atoms with E-state index in [1.165, 1.54) is 18.4 Å². The molecule has 2 aromatic heterocycles. The number of benzene rings is 1. The molecule has 30 heavy (non-hydrogen) atoms. The molecule has 0 atom stereocenters. The number of anilines is 2. The lowest BCUT2D eigenvalue weighted by molar-refractivity contribution is 0.262. The maximum absolute atomic E-state index is 12.3. The second kappa shape index (κ2) is 9.07. The van der Waals surface area contributed by atoms with Gasteiger partial charge in [-0.3, -0.25) is 5.32 Å². The highest BCUT2D eigenvalue weighted by Gasteiger charge is 2.18. The van der Waals surface area contributed by atoms with Crippen molar-refractivity contribution in [2.75, 3.05) is 17.7 Å². The number of oxazole rings is 1. The highest BCUT2D eigenvalue weighted by Crippen LogP contribution is 2.35. The minimum Gasteiger partial charge on any atom is -0.497 e. The van der Waals surface area contributed by atoms with E-state index in [2.05, 4.69) is 41.4 Å². The van der Waals surface area contributed by atoms with Gasteiger partial charge in [-0.2, -0.15) is 0 Å². The van der Waals surface area contributed by atoms with E-state index in [4.69, 9.17) is 32.4 Å². The monoisotopic (exact) mass is 466 g/mol. The summed E-state index contributed by atoms with van der Waals surface area (Å²) in [5, 5.41) is 6.20. The van der Waals surface area contributed by atoms with Crippen molar-refractivity contribution in [3.05, 3.63) is 51.1 Å². The first-order chi connectivity index (χ1) is 14.2. The third kappa shape index (κ3) is 5.53. The average molecular weight is 467 g/mol. The van der Waals surface area contributed by atoms with E-state index in [9.17, 15) is 4.79 Å². The number of ether oxygens (including phenoxy) is 1. The van der Waals surface area contributed by atoms with Gasteiger partial charge in [-0.05, 0) is 6.08 Å². The summed E-state index contributed by atoms with van der Waals surface area (Å²) >= 11 is 13.6. The Bertz CT molecular complexity index is 1060. The smallest absolute Gasteiger partial charge is 0.325 e. The van der Waals surface area contributed by atoms with Crippen LogP contribution in [0.3, 0.4) is 0 Å². The van der Waals surface area contributed by atoms with Gasteiger partial charge in [0.1, 0.15) is 11.5 Å². The molecule has 0 aliphatic rings. The predicted octanol–water partition coefficient (Wildman–Crippen LogP) is 6.56. The van der Waals surface area contributed by atoms with Gasteiger partial charge in [0, 0.05) is 34.7 Å². The maximum atomic E-state index is 12.3. The molecule has 2 N–H and O–H groups in total. The van der Waals surface area contributed by atoms with Gasteiger partial charge in [0.05, 0.1) is 29.0 Å². The van der Waals surface area contributed by atoms with Crippen LogP contribution in [0.15, 0.2) is 28.9 Å². The summed E-state index contributed by atoms with van der Waals surface area (Å²) in [7, 11) is 1.50. The van der Waals surface area contributed by atoms with Gasteiger partial charge in [0.15, 0.2) is 5.13 Å². The maximum Gasteiger partial charge on any atom is 0.325 e. The fourth-order valence-electron chi connectivity index (χ4n) is 2.32. The second-order valence-electron chi connectivity index (χ2n) is 7.26. The third-order valence-electron chi connectivity index (χ3n) is 3.89. The summed E-state index contributed by atoms with van der Waals surface area (Å²) in [5.41, 5.74) is 0.177. The first kappa shape index (κ1) is 22.1. The molecule has 0 spiro atoms. The zero-order valence-electron chi connectivity index (χ0n) is 16.7. The van der Waals surface area contributed by atoms with Crippen molar-refractivity contribution < 1.29 is 13.9 Å². The zero-order chi connectivity index (χ0) is 21.9. The third-order valence-corrected chi connectivity index (χ3v) is 5.36. The van der Waals surface area contributed by atoms with Crippen LogP contribution in [0.5, 0.6) is 5.75 Å². The molecule has 2 heterocycles. The van der Waals surface area contributed by atoms with Crippen LogP contribution < -0.4 is 15.4 Å². The molecular weight excluding hydrogens is 447 g/mol. The predicted molar refractivity (Wildman–Crippen MR) is 122 cm³/mol. The number of halogens is 2. The Hall–Kier alpha value is -2.55. The molecule has 0 saturated carbocycles. The summed E-state index contributed by atoms with van der Waals surface area (Å²) in [6.45, 7) is 6.17. The van der Waals surface area contributed by atoms with Gasteiger partial charge < -0.3 is 14.5 Å². The van der Waals surface area contributed by atoms with Crippen LogP contribution in [0.1, 0.15) is 37.3 Å². The van der Waals surface area contributed by atoms with Crippen molar-refractivity contribution >= 4 is 63.5 Å². The number of thiazole rings is 1. The molecule has 3 aromatic rings. The first-order valence-corrected chi connectivity index (χ1v) is 10.4. The number of amides is 2. The van der Waals surface area contributed by atoms with Crippen molar-refractivity contribution in [2.24, 2.45) is 0 Å². The fraction of sp³-hybridized carbons (Fsp3) is 0.250. The number of nitrogens with one attached hydrogen (secondary N) is 2. The van der Waals surface area contributed by atoms with E-state index in [1.54, 1.807) is 30.6 Å². The molecule has 7 nitrogen and oxygen atoms in total. The molecule has 0 saturated heterocycles. The summed E-state index contributed by atoms with van der Waals surface area (Å²) in [4.78, 5) is 21.5. The fourth-order valence-corrected chi connectivity index (χ4v) is 3.59. The second-order valence-corrected chi connectivity index (χ2v) is 9.14. The lowest BCUT2D eigenvalue weighted by Gasteiger charge is -2.12. The van der Waals surface area contributed by atoms with Crippen LogP contribution in [-0.2, 0) is 5.41 Å². The number of nitrogens with zero attached hydrogens (tertiary/aromatic N) is 2. The van der Waals surface area contributed by atoms with E-state index in [0.29, 0.717) is 16.8 Å². The molecule has 3 rings (SSSR count). The van der Waals surface area contributed by atoms with Crippen molar-refractivity contribution in [2.45, 2.75) is 26.2 Å².